The van der Waals surface area contributed by atoms with Crippen LogP contribution in [0.15, 0.2) is 23.3 Å². The third kappa shape index (κ3) is 5.18. The van der Waals surface area contributed by atoms with Gasteiger partial charge in [-0.05, 0) is 32.4 Å². The van der Waals surface area contributed by atoms with Crippen LogP contribution in [0.3, 0.4) is 0 Å². The lowest BCUT2D eigenvalue weighted by atomic mass is 10.0. The lowest BCUT2D eigenvalue weighted by Gasteiger charge is -2.41. The fraction of sp³-hybridized carbons (Fsp3) is 0.647. The molecule has 0 amide bonds. The summed E-state index contributed by atoms with van der Waals surface area (Å²) in [6, 6.07) is 4.03. The van der Waals surface area contributed by atoms with E-state index in [-0.39, 0.29) is 5.54 Å². The van der Waals surface area contributed by atoms with Crippen LogP contribution in [0.2, 0.25) is 0 Å². The van der Waals surface area contributed by atoms with Gasteiger partial charge in [-0.25, -0.2) is 0 Å². The van der Waals surface area contributed by atoms with Crippen molar-refractivity contribution in [3.63, 3.8) is 0 Å². The summed E-state index contributed by atoms with van der Waals surface area (Å²) in [5.41, 5.74) is 2.29. The van der Waals surface area contributed by atoms with Crippen molar-refractivity contribution in [3.05, 3.63) is 29.6 Å². The summed E-state index contributed by atoms with van der Waals surface area (Å²) >= 11 is 0. The highest BCUT2D eigenvalue weighted by Crippen LogP contribution is 2.15. The van der Waals surface area contributed by atoms with E-state index in [0.29, 0.717) is 6.54 Å². The Morgan fingerprint density at radius 1 is 1.35 bits per heavy atom. The van der Waals surface area contributed by atoms with Crippen LogP contribution in [-0.2, 0) is 11.3 Å². The van der Waals surface area contributed by atoms with Crippen molar-refractivity contribution in [1.82, 2.24) is 20.5 Å². The summed E-state index contributed by atoms with van der Waals surface area (Å²) in [4.78, 5) is 11.2. The molecule has 0 unspecified atom stereocenters. The van der Waals surface area contributed by atoms with Gasteiger partial charge in [-0.1, -0.05) is 6.07 Å². The molecule has 128 valence electrons. The second-order valence-electron chi connectivity index (χ2n) is 6.46. The van der Waals surface area contributed by atoms with Gasteiger partial charge in [-0.15, -0.1) is 0 Å². The van der Waals surface area contributed by atoms with E-state index in [1.54, 1.807) is 7.05 Å². The first kappa shape index (κ1) is 17.7. The van der Waals surface area contributed by atoms with Gasteiger partial charge in [0.15, 0.2) is 5.96 Å². The number of nitrogens with one attached hydrogen (secondary N) is 2. The van der Waals surface area contributed by atoms with E-state index >= 15 is 0 Å². The fourth-order valence-electron chi connectivity index (χ4n) is 2.67. The zero-order valence-corrected chi connectivity index (χ0v) is 14.7. The standard InChI is InChI=1S/C17H29N5O/c1-14-6-5-7-19-15(14)12-20-16(18-4)21-13-17(2,3)22-8-10-23-11-9-22/h5-7H,8-13H2,1-4H3,(H2,18,20,21). The first-order valence-electron chi connectivity index (χ1n) is 8.21. The Balaban J connectivity index is 1.83. The van der Waals surface area contributed by atoms with Gasteiger partial charge in [0, 0.05) is 38.4 Å². The van der Waals surface area contributed by atoms with Crippen molar-refractivity contribution in [2.45, 2.75) is 32.9 Å². The largest absolute Gasteiger partial charge is 0.379 e. The van der Waals surface area contributed by atoms with Gasteiger partial charge in [0.05, 0.1) is 25.5 Å². The number of aliphatic imine (C=N–C) groups is 1. The molecule has 0 bridgehead atoms. The summed E-state index contributed by atoms with van der Waals surface area (Å²) < 4.78 is 5.44. The van der Waals surface area contributed by atoms with E-state index in [4.69, 9.17) is 4.74 Å². The summed E-state index contributed by atoms with van der Waals surface area (Å²) in [7, 11) is 1.79. The van der Waals surface area contributed by atoms with Crippen LogP contribution >= 0.6 is 0 Å². The predicted octanol–water partition coefficient (Wildman–Crippen LogP) is 1.17. The Labute approximate surface area is 139 Å². The van der Waals surface area contributed by atoms with E-state index in [9.17, 15) is 0 Å². The number of aromatic nitrogens is 1. The average Bonchev–Trinajstić information content (AvgIpc) is 2.57. The van der Waals surface area contributed by atoms with Crippen LogP contribution < -0.4 is 10.6 Å². The number of morpholine rings is 1. The van der Waals surface area contributed by atoms with Gasteiger partial charge in [0.2, 0.25) is 0 Å². The Bertz CT molecular complexity index is 523. The molecule has 0 aromatic carbocycles. The minimum atomic E-state index is 0.0579. The number of aryl methyl sites for hydroxylation is 1. The molecule has 1 aliphatic rings. The Kier molecular flexibility index (Phi) is 6.36. The molecule has 1 fully saturated rings. The van der Waals surface area contributed by atoms with Gasteiger partial charge >= 0.3 is 0 Å². The molecule has 6 nitrogen and oxygen atoms in total. The summed E-state index contributed by atoms with van der Waals surface area (Å²) in [5, 5.41) is 6.76. The molecule has 6 heteroatoms. The van der Waals surface area contributed by atoms with E-state index < -0.39 is 0 Å². The number of nitrogens with zero attached hydrogens (tertiary/aromatic N) is 3. The molecular weight excluding hydrogens is 290 g/mol. The van der Waals surface area contributed by atoms with Crippen LogP contribution in [0.5, 0.6) is 0 Å². The molecule has 2 heterocycles. The van der Waals surface area contributed by atoms with Crippen LogP contribution in [0.1, 0.15) is 25.1 Å². The van der Waals surface area contributed by atoms with Gasteiger partial charge < -0.3 is 15.4 Å². The van der Waals surface area contributed by atoms with E-state index in [0.717, 1.165) is 44.5 Å². The summed E-state index contributed by atoms with van der Waals surface area (Å²) in [6.45, 7) is 11.7. The lowest BCUT2D eigenvalue weighted by molar-refractivity contribution is -0.00834. The molecule has 0 radical (unpaired) electrons. The van der Waals surface area contributed by atoms with Crippen LogP contribution in [-0.4, -0.2) is 61.3 Å². The van der Waals surface area contributed by atoms with Crippen molar-refractivity contribution in [2.75, 3.05) is 39.9 Å². The monoisotopic (exact) mass is 319 g/mol. The molecule has 23 heavy (non-hydrogen) atoms. The highest BCUT2D eigenvalue weighted by molar-refractivity contribution is 5.79. The van der Waals surface area contributed by atoms with Crippen molar-refractivity contribution in [1.29, 1.82) is 0 Å². The summed E-state index contributed by atoms with van der Waals surface area (Å²) in [5.74, 6) is 0.802. The number of ether oxygens (including phenoxy) is 1. The average molecular weight is 319 g/mol. The maximum absolute atomic E-state index is 5.44. The second-order valence-corrected chi connectivity index (χ2v) is 6.46. The number of rotatable bonds is 5. The van der Waals surface area contributed by atoms with Crippen LogP contribution in [0.25, 0.3) is 0 Å². The smallest absolute Gasteiger partial charge is 0.191 e. The molecular formula is C17H29N5O. The molecule has 1 aliphatic heterocycles. The highest BCUT2D eigenvalue weighted by Gasteiger charge is 2.28. The minimum absolute atomic E-state index is 0.0579. The topological polar surface area (TPSA) is 61.8 Å². The van der Waals surface area contributed by atoms with Crippen LogP contribution in [0.4, 0.5) is 0 Å². The fourth-order valence-corrected chi connectivity index (χ4v) is 2.67. The van der Waals surface area contributed by atoms with Crippen molar-refractivity contribution >= 4 is 5.96 Å². The normalized spacial score (nSPS) is 17.1. The Morgan fingerprint density at radius 2 is 2.09 bits per heavy atom. The quantitative estimate of drug-likeness (QED) is 0.630. The van der Waals surface area contributed by atoms with Gasteiger partial charge in [0.1, 0.15) is 0 Å². The number of hydrogen-bond acceptors (Lipinski definition) is 4. The van der Waals surface area contributed by atoms with E-state index in [1.165, 1.54) is 5.56 Å². The number of pyridine rings is 1. The maximum atomic E-state index is 5.44. The molecule has 2 rings (SSSR count). The predicted molar refractivity (Wildman–Crippen MR) is 93.6 cm³/mol. The molecule has 0 atom stereocenters. The van der Waals surface area contributed by atoms with Gasteiger partial charge in [0.25, 0.3) is 0 Å². The highest BCUT2D eigenvalue weighted by atomic mass is 16.5. The minimum Gasteiger partial charge on any atom is -0.379 e. The maximum Gasteiger partial charge on any atom is 0.191 e. The molecule has 2 N–H and O–H groups in total. The molecule has 0 saturated carbocycles. The van der Waals surface area contributed by atoms with Crippen molar-refractivity contribution < 1.29 is 4.74 Å². The Morgan fingerprint density at radius 3 is 2.74 bits per heavy atom. The SMILES string of the molecule is CN=C(NCc1ncccc1C)NCC(C)(C)N1CCOCC1. The number of guanidine groups is 1. The molecule has 1 aromatic rings. The first-order chi connectivity index (χ1) is 11.0. The molecule has 0 spiro atoms. The first-order valence-corrected chi connectivity index (χ1v) is 8.21. The van der Waals surface area contributed by atoms with E-state index in [2.05, 4.69) is 52.3 Å². The second kappa shape index (κ2) is 8.26. The molecule has 1 saturated heterocycles. The van der Waals surface area contributed by atoms with Crippen molar-refractivity contribution in [3.8, 4) is 0 Å². The van der Waals surface area contributed by atoms with Gasteiger partial charge in [-0.3, -0.25) is 14.9 Å². The Hall–Kier alpha value is -1.66. The van der Waals surface area contributed by atoms with Gasteiger partial charge in [-0.2, -0.15) is 0 Å². The summed E-state index contributed by atoms with van der Waals surface area (Å²) in [6.07, 6.45) is 1.82. The van der Waals surface area contributed by atoms with Crippen LogP contribution in [0, 0.1) is 6.92 Å². The zero-order valence-electron chi connectivity index (χ0n) is 14.7. The van der Waals surface area contributed by atoms with Crippen molar-refractivity contribution in [2.24, 2.45) is 4.99 Å². The van der Waals surface area contributed by atoms with E-state index in [1.807, 2.05) is 12.3 Å². The third-order valence-corrected chi connectivity index (χ3v) is 4.32. The number of hydrogen-bond donors (Lipinski definition) is 2. The third-order valence-electron chi connectivity index (χ3n) is 4.32. The zero-order chi connectivity index (χ0) is 16.7. The lowest BCUT2D eigenvalue weighted by Crippen LogP contribution is -2.56. The molecule has 1 aromatic heterocycles. The molecule has 0 aliphatic carbocycles.